The predicted molar refractivity (Wildman–Crippen MR) is 122 cm³/mol. The molecule has 0 N–H and O–H groups in total. The summed E-state index contributed by atoms with van der Waals surface area (Å²) >= 11 is 1.58. The summed E-state index contributed by atoms with van der Waals surface area (Å²) in [6.45, 7) is 8.00. The molecule has 0 aliphatic carbocycles. The summed E-state index contributed by atoms with van der Waals surface area (Å²) in [5, 5.41) is 2.93. The standard InChI is InChI=1S/C24H27N3O2S/c1-3-29-21-10-8-19(9-11-21)24-25-20(17-30-24)16-23(28)27-14-12-26(13-15-27)22-7-5-4-6-18(22)2/h4-11,17H,3,12-16H2,1-2H3. The first-order valence-corrected chi connectivity index (χ1v) is 11.3. The highest BCUT2D eigenvalue weighted by atomic mass is 32.1. The molecule has 0 radical (unpaired) electrons. The third-order valence-electron chi connectivity index (χ3n) is 5.38. The van der Waals surface area contributed by atoms with Crippen molar-refractivity contribution in [2.75, 3.05) is 37.7 Å². The van der Waals surface area contributed by atoms with Crippen molar-refractivity contribution < 1.29 is 9.53 Å². The van der Waals surface area contributed by atoms with Crippen LogP contribution in [0, 0.1) is 6.92 Å². The molecule has 6 heteroatoms. The maximum Gasteiger partial charge on any atom is 0.228 e. The van der Waals surface area contributed by atoms with Gasteiger partial charge in [-0.3, -0.25) is 4.79 Å². The highest BCUT2D eigenvalue weighted by Crippen LogP contribution is 2.26. The number of piperazine rings is 1. The molecule has 0 unspecified atom stereocenters. The van der Waals surface area contributed by atoms with Crippen molar-refractivity contribution in [2.45, 2.75) is 20.3 Å². The molecule has 3 aromatic rings. The molecule has 2 heterocycles. The second kappa shape index (κ2) is 9.30. The summed E-state index contributed by atoms with van der Waals surface area (Å²) in [6, 6.07) is 16.4. The number of hydrogen-bond donors (Lipinski definition) is 0. The van der Waals surface area contributed by atoms with Crippen molar-refractivity contribution >= 4 is 22.9 Å². The van der Waals surface area contributed by atoms with Crippen LogP contribution in [0.15, 0.2) is 53.9 Å². The Morgan fingerprint density at radius 3 is 2.50 bits per heavy atom. The Kier molecular flexibility index (Phi) is 6.33. The fraction of sp³-hybridized carbons (Fsp3) is 0.333. The summed E-state index contributed by atoms with van der Waals surface area (Å²) in [5.41, 5.74) is 4.44. The number of carbonyl (C=O) groups is 1. The number of para-hydroxylation sites is 1. The Morgan fingerprint density at radius 2 is 1.80 bits per heavy atom. The van der Waals surface area contributed by atoms with Crippen molar-refractivity contribution in [3.05, 3.63) is 65.2 Å². The summed E-state index contributed by atoms with van der Waals surface area (Å²) < 4.78 is 5.49. The van der Waals surface area contributed by atoms with E-state index < -0.39 is 0 Å². The lowest BCUT2D eigenvalue weighted by Crippen LogP contribution is -2.49. The summed E-state index contributed by atoms with van der Waals surface area (Å²) in [4.78, 5) is 21.8. The Hall–Kier alpha value is -2.86. The van der Waals surface area contributed by atoms with Crippen molar-refractivity contribution in [3.8, 4) is 16.3 Å². The van der Waals surface area contributed by atoms with Crippen LogP contribution in [0.5, 0.6) is 5.75 Å². The number of nitrogens with zero attached hydrogens (tertiary/aromatic N) is 3. The van der Waals surface area contributed by atoms with Crippen LogP contribution >= 0.6 is 11.3 Å². The molecule has 0 atom stereocenters. The molecular weight excluding hydrogens is 394 g/mol. The number of aromatic nitrogens is 1. The zero-order chi connectivity index (χ0) is 20.9. The lowest BCUT2D eigenvalue weighted by Gasteiger charge is -2.36. The van der Waals surface area contributed by atoms with Crippen molar-refractivity contribution in [3.63, 3.8) is 0 Å². The van der Waals surface area contributed by atoms with Gasteiger partial charge in [0, 0.05) is 42.8 Å². The van der Waals surface area contributed by atoms with Gasteiger partial charge in [0.05, 0.1) is 18.7 Å². The molecule has 0 spiro atoms. The number of hydrogen-bond acceptors (Lipinski definition) is 5. The average Bonchev–Trinajstić information content (AvgIpc) is 3.23. The van der Waals surface area contributed by atoms with E-state index in [-0.39, 0.29) is 5.91 Å². The summed E-state index contributed by atoms with van der Waals surface area (Å²) in [6.07, 6.45) is 0.359. The smallest absolute Gasteiger partial charge is 0.228 e. The van der Waals surface area contributed by atoms with Gasteiger partial charge in [-0.15, -0.1) is 11.3 Å². The van der Waals surface area contributed by atoms with E-state index in [1.165, 1.54) is 11.3 Å². The van der Waals surface area contributed by atoms with Gasteiger partial charge in [-0.25, -0.2) is 4.98 Å². The van der Waals surface area contributed by atoms with E-state index in [1.54, 1.807) is 11.3 Å². The monoisotopic (exact) mass is 421 g/mol. The van der Waals surface area contributed by atoms with Gasteiger partial charge in [0.1, 0.15) is 10.8 Å². The lowest BCUT2D eigenvalue weighted by atomic mass is 10.1. The number of amides is 1. The van der Waals surface area contributed by atoms with Gasteiger partial charge in [0.25, 0.3) is 0 Å². The zero-order valence-corrected chi connectivity index (χ0v) is 18.3. The number of rotatable bonds is 6. The van der Waals surface area contributed by atoms with E-state index in [1.807, 2.05) is 41.5 Å². The molecule has 1 aromatic heterocycles. The van der Waals surface area contributed by atoms with Gasteiger partial charge < -0.3 is 14.5 Å². The molecule has 1 amide bonds. The second-order valence-electron chi connectivity index (χ2n) is 7.43. The van der Waals surface area contributed by atoms with Crippen LogP contribution in [-0.4, -0.2) is 48.6 Å². The number of benzene rings is 2. The summed E-state index contributed by atoms with van der Waals surface area (Å²) in [7, 11) is 0. The molecule has 1 saturated heterocycles. The molecule has 4 rings (SSSR count). The number of anilines is 1. The van der Waals surface area contributed by atoms with Gasteiger partial charge in [-0.2, -0.15) is 0 Å². The van der Waals surface area contributed by atoms with Crippen LogP contribution in [-0.2, 0) is 11.2 Å². The lowest BCUT2D eigenvalue weighted by molar-refractivity contribution is -0.130. The maximum absolute atomic E-state index is 12.8. The van der Waals surface area contributed by atoms with Gasteiger partial charge >= 0.3 is 0 Å². The topological polar surface area (TPSA) is 45.7 Å². The van der Waals surface area contributed by atoms with Crippen LogP contribution in [0.1, 0.15) is 18.2 Å². The van der Waals surface area contributed by atoms with Gasteiger partial charge in [-0.05, 0) is 49.7 Å². The molecule has 1 aliphatic heterocycles. The first kappa shape index (κ1) is 20.4. The number of aryl methyl sites for hydroxylation is 1. The Bertz CT molecular complexity index is 992. The Balaban J connectivity index is 1.33. The average molecular weight is 422 g/mol. The Labute approximate surface area is 181 Å². The molecule has 1 aliphatic rings. The van der Waals surface area contributed by atoms with E-state index >= 15 is 0 Å². The molecule has 2 aromatic carbocycles. The first-order chi connectivity index (χ1) is 14.6. The molecule has 30 heavy (non-hydrogen) atoms. The van der Waals surface area contributed by atoms with Crippen LogP contribution in [0.2, 0.25) is 0 Å². The number of ether oxygens (including phenoxy) is 1. The van der Waals surface area contributed by atoms with Crippen molar-refractivity contribution in [1.82, 2.24) is 9.88 Å². The van der Waals surface area contributed by atoms with E-state index in [2.05, 4.69) is 41.1 Å². The van der Waals surface area contributed by atoms with E-state index in [0.717, 1.165) is 48.2 Å². The zero-order valence-electron chi connectivity index (χ0n) is 17.5. The maximum atomic E-state index is 12.8. The predicted octanol–water partition coefficient (Wildman–Crippen LogP) is 4.41. The van der Waals surface area contributed by atoms with Gasteiger partial charge in [0.15, 0.2) is 0 Å². The molecular formula is C24H27N3O2S. The van der Waals surface area contributed by atoms with Crippen molar-refractivity contribution in [2.24, 2.45) is 0 Å². The summed E-state index contributed by atoms with van der Waals surface area (Å²) in [5.74, 6) is 1.01. The van der Waals surface area contributed by atoms with E-state index in [9.17, 15) is 4.79 Å². The minimum absolute atomic E-state index is 0.156. The normalized spacial score (nSPS) is 14.1. The minimum atomic E-state index is 0.156. The van der Waals surface area contributed by atoms with E-state index in [4.69, 9.17) is 4.74 Å². The second-order valence-corrected chi connectivity index (χ2v) is 8.29. The minimum Gasteiger partial charge on any atom is -0.494 e. The molecule has 156 valence electrons. The molecule has 1 fully saturated rings. The molecule has 0 saturated carbocycles. The first-order valence-electron chi connectivity index (χ1n) is 10.4. The van der Waals surface area contributed by atoms with Crippen LogP contribution in [0.4, 0.5) is 5.69 Å². The highest BCUT2D eigenvalue weighted by Gasteiger charge is 2.22. The van der Waals surface area contributed by atoms with Crippen LogP contribution in [0.25, 0.3) is 10.6 Å². The third-order valence-corrected chi connectivity index (χ3v) is 6.33. The fourth-order valence-electron chi connectivity index (χ4n) is 3.76. The largest absolute Gasteiger partial charge is 0.494 e. The highest BCUT2D eigenvalue weighted by molar-refractivity contribution is 7.13. The SMILES string of the molecule is CCOc1ccc(-c2nc(CC(=O)N3CCN(c4ccccc4C)CC3)cs2)cc1. The fourth-order valence-corrected chi connectivity index (χ4v) is 4.59. The third kappa shape index (κ3) is 4.65. The Morgan fingerprint density at radius 1 is 1.07 bits per heavy atom. The van der Waals surface area contributed by atoms with E-state index in [0.29, 0.717) is 13.0 Å². The molecule has 5 nitrogen and oxygen atoms in total. The van der Waals surface area contributed by atoms with Crippen LogP contribution in [0.3, 0.4) is 0 Å². The van der Waals surface area contributed by atoms with Crippen molar-refractivity contribution in [1.29, 1.82) is 0 Å². The van der Waals surface area contributed by atoms with Crippen LogP contribution < -0.4 is 9.64 Å². The quantitative estimate of drug-likeness (QED) is 0.592. The van der Waals surface area contributed by atoms with Gasteiger partial charge in [0.2, 0.25) is 5.91 Å². The number of thiazole rings is 1. The number of carbonyl (C=O) groups excluding carboxylic acids is 1. The molecule has 0 bridgehead atoms. The van der Waals surface area contributed by atoms with Gasteiger partial charge in [-0.1, -0.05) is 18.2 Å².